The minimum absolute atomic E-state index is 0.0870. The first-order chi connectivity index (χ1) is 5.60. The Hall–Kier alpha value is -0.900. The van der Waals surface area contributed by atoms with E-state index in [0.717, 1.165) is 0 Å². The number of nitrogens with one attached hydrogen (secondary N) is 1. The summed E-state index contributed by atoms with van der Waals surface area (Å²) in [5, 5.41) is 2.46. The van der Waals surface area contributed by atoms with Gasteiger partial charge in [-0.3, -0.25) is 9.59 Å². The van der Waals surface area contributed by atoms with Crippen LogP contribution < -0.4 is 11.1 Å². The maximum Gasteiger partial charge on any atom is 0.234 e. The highest BCUT2D eigenvalue weighted by atomic mass is 16.2. The van der Waals surface area contributed by atoms with Crippen molar-refractivity contribution in [2.45, 2.75) is 26.3 Å². The average molecular weight is 171 g/mol. The molecule has 0 unspecified atom stereocenters. The van der Waals surface area contributed by atoms with Crippen LogP contribution in [0.5, 0.6) is 0 Å². The van der Waals surface area contributed by atoms with Gasteiger partial charge >= 0.3 is 0 Å². The highest BCUT2D eigenvalue weighted by Crippen LogP contribution is 2.02. The van der Waals surface area contributed by atoms with Crippen LogP contribution in [0.25, 0.3) is 0 Å². The molecule has 1 amide bonds. The minimum atomic E-state index is -0.513. The molecular weight excluding hydrogens is 156 g/mol. The average Bonchev–Trinajstić information content (AvgIpc) is 2.02. The van der Waals surface area contributed by atoms with Gasteiger partial charge < -0.3 is 11.1 Å². The van der Waals surface area contributed by atoms with Crippen LogP contribution in [-0.4, -0.2) is 24.8 Å². The molecule has 69 valence electrons. The summed E-state index contributed by atoms with van der Waals surface area (Å²) >= 11 is 0. The van der Waals surface area contributed by atoms with Gasteiger partial charge in [0.15, 0.2) is 0 Å². The molecule has 12 heavy (non-hydrogen) atoms. The third-order valence-electron chi connectivity index (χ3n) is 1.37. The van der Waals surface area contributed by atoms with Crippen molar-refractivity contribution in [1.29, 1.82) is 0 Å². The van der Waals surface area contributed by atoms with Gasteiger partial charge in [-0.15, -0.1) is 0 Å². The molecule has 0 rings (SSSR count). The summed E-state index contributed by atoms with van der Waals surface area (Å²) < 4.78 is 0. The van der Waals surface area contributed by atoms with Crippen LogP contribution >= 0.6 is 0 Å². The second kappa shape index (κ2) is 5.71. The predicted octanol–water partition coefficient (Wildman–Crippen LogP) is -0.414. The molecule has 0 aromatic carbocycles. The van der Waals surface area contributed by atoms with Crippen LogP contribution in [-0.2, 0) is 9.59 Å². The summed E-state index contributed by atoms with van der Waals surface area (Å²) in [6, 6.07) is -0.513. The lowest BCUT2D eigenvalue weighted by Gasteiger charge is -2.12. The molecule has 0 aromatic rings. The molecule has 0 aliphatic heterocycles. The first kappa shape index (κ1) is 11.1. The summed E-state index contributed by atoms with van der Waals surface area (Å²) in [6.45, 7) is 3.86. The maximum atomic E-state index is 10.7. The van der Waals surface area contributed by atoms with Crippen LogP contribution in [0.1, 0.15) is 20.3 Å². The number of nitrogens with two attached hydrogens (primary N) is 1. The zero-order valence-corrected chi connectivity index (χ0v) is 7.46. The smallest absolute Gasteiger partial charge is 0.234 e. The van der Waals surface area contributed by atoms with E-state index >= 15 is 0 Å². The summed E-state index contributed by atoms with van der Waals surface area (Å²) in [5.41, 5.74) is 5.06. The lowest BCUT2D eigenvalue weighted by molar-refractivity contribution is -0.120. The second-order valence-corrected chi connectivity index (χ2v) is 3.07. The number of rotatable bonds is 5. The minimum Gasteiger partial charge on any atom is -0.345 e. The first-order valence-electron chi connectivity index (χ1n) is 3.97. The highest BCUT2D eigenvalue weighted by molar-refractivity contribution is 5.81. The van der Waals surface area contributed by atoms with Crippen LogP contribution in [0.3, 0.4) is 0 Å². The van der Waals surface area contributed by atoms with E-state index < -0.39 is 6.04 Å². The van der Waals surface area contributed by atoms with Crippen molar-refractivity contribution in [3.63, 3.8) is 0 Å². The van der Waals surface area contributed by atoms with Gasteiger partial charge in [-0.1, -0.05) is 13.8 Å². The maximum absolute atomic E-state index is 10.7. The SMILES string of the molecule is CC(C)C[C@@H]([C]=O)NC(=O)CN. The quantitative estimate of drug-likeness (QED) is 0.590. The van der Waals surface area contributed by atoms with Gasteiger partial charge in [0.1, 0.15) is 0 Å². The Bertz CT molecular complexity index is 157. The predicted molar refractivity (Wildman–Crippen MR) is 46.1 cm³/mol. The van der Waals surface area contributed by atoms with Crippen molar-refractivity contribution >= 4 is 12.2 Å². The Balaban J connectivity index is 3.82. The van der Waals surface area contributed by atoms with E-state index in [1.54, 1.807) is 6.29 Å². The number of amides is 1. The molecule has 1 atom stereocenters. The van der Waals surface area contributed by atoms with Crippen molar-refractivity contribution in [2.75, 3.05) is 6.54 Å². The fraction of sp³-hybridized carbons (Fsp3) is 0.750. The van der Waals surface area contributed by atoms with Gasteiger partial charge in [0.05, 0.1) is 12.6 Å². The standard InChI is InChI=1S/C8H15N2O2/c1-6(2)3-7(5-11)10-8(12)4-9/h6-7H,3-4,9H2,1-2H3,(H,10,12)/t7-/m0/s1. The van der Waals surface area contributed by atoms with Crippen LogP contribution in [0.4, 0.5) is 0 Å². The van der Waals surface area contributed by atoms with E-state index in [9.17, 15) is 9.59 Å². The number of carbonyl (C=O) groups is 1. The number of hydrogen-bond acceptors (Lipinski definition) is 3. The molecule has 0 aliphatic carbocycles. The molecule has 4 nitrogen and oxygen atoms in total. The molecule has 0 spiro atoms. The van der Waals surface area contributed by atoms with Crippen LogP contribution in [0.2, 0.25) is 0 Å². The molecule has 0 saturated carbocycles. The van der Waals surface area contributed by atoms with E-state index in [1.807, 2.05) is 13.8 Å². The van der Waals surface area contributed by atoms with E-state index in [0.29, 0.717) is 12.3 Å². The van der Waals surface area contributed by atoms with Crippen LogP contribution in [0.15, 0.2) is 0 Å². The zero-order valence-electron chi connectivity index (χ0n) is 7.46. The van der Waals surface area contributed by atoms with Gasteiger partial charge in [0.2, 0.25) is 12.2 Å². The second-order valence-electron chi connectivity index (χ2n) is 3.07. The Labute approximate surface area is 72.5 Å². The van der Waals surface area contributed by atoms with Crippen molar-refractivity contribution in [3.8, 4) is 0 Å². The van der Waals surface area contributed by atoms with E-state index in [1.165, 1.54) is 0 Å². The molecule has 0 aromatic heterocycles. The summed E-state index contributed by atoms with van der Waals surface area (Å²) in [4.78, 5) is 21.1. The monoisotopic (exact) mass is 171 g/mol. The molecule has 0 saturated heterocycles. The van der Waals surface area contributed by atoms with Gasteiger partial charge in [0, 0.05) is 0 Å². The highest BCUT2D eigenvalue weighted by Gasteiger charge is 2.12. The molecule has 4 heteroatoms. The summed E-state index contributed by atoms with van der Waals surface area (Å²) in [6.07, 6.45) is 2.37. The van der Waals surface area contributed by atoms with Crippen molar-refractivity contribution in [2.24, 2.45) is 11.7 Å². The normalized spacial score (nSPS) is 12.7. The van der Waals surface area contributed by atoms with Crippen LogP contribution in [0, 0.1) is 5.92 Å². The molecule has 1 radical (unpaired) electrons. The first-order valence-corrected chi connectivity index (χ1v) is 3.97. The molecule has 0 bridgehead atoms. The van der Waals surface area contributed by atoms with Gasteiger partial charge in [-0.2, -0.15) is 0 Å². The topological polar surface area (TPSA) is 72.2 Å². The third-order valence-corrected chi connectivity index (χ3v) is 1.37. The zero-order chi connectivity index (χ0) is 9.56. The van der Waals surface area contributed by atoms with E-state index in [-0.39, 0.29) is 12.5 Å². The lowest BCUT2D eigenvalue weighted by Crippen LogP contribution is -2.40. The molecule has 0 aliphatic rings. The fourth-order valence-electron chi connectivity index (χ4n) is 0.861. The van der Waals surface area contributed by atoms with E-state index in [2.05, 4.69) is 5.32 Å². The molecule has 3 N–H and O–H groups in total. The molecular formula is C8H15N2O2. The Morgan fingerprint density at radius 2 is 2.17 bits per heavy atom. The molecule has 0 fully saturated rings. The van der Waals surface area contributed by atoms with Crippen molar-refractivity contribution < 1.29 is 9.59 Å². The molecule has 0 heterocycles. The Morgan fingerprint density at radius 1 is 1.58 bits per heavy atom. The summed E-state index contributed by atoms with van der Waals surface area (Å²) in [5.74, 6) is 0.0403. The van der Waals surface area contributed by atoms with Gasteiger partial charge in [0.25, 0.3) is 0 Å². The third kappa shape index (κ3) is 4.85. The largest absolute Gasteiger partial charge is 0.345 e. The Kier molecular flexibility index (Phi) is 5.28. The summed E-state index contributed by atoms with van der Waals surface area (Å²) in [7, 11) is 0. The van der Waals surface area contributed by atoms with Gasteiger partial charge in [-0.25, -0.2) is 0 Å². The van der Waals surface area contributed by atoms with E-state index in [4.69, 9.17) is 5.73 Å². The number of carbonyl (C=O) groups excluding carboxylic acids is 2. The van der Waals surface area contributed by atoms with Gasteiger partial charge in [-0.05, 0) is 12.3 Å². The van der Waals surface area contributed by atoms with Crippen molar-refractivity contribution in [1.82, 2.24) is 5.32 Å². The fourth-order valence-corrected chi connectivity index (χ4v) is 0.861. The Morgan fingerprint density at radius 3 is 2.50 bits per heavy atom. The lowest BCUT2D eigenvalue weighted by atomic mass is 10.1. The van der Waals surface area contributed by atoms with Crippen molar-refractivity contribution in [3.05, 3.63) is 0 Å². The number of hydrogen-bond donors (Lipinski definition) is 2.